The Morgan fingerprint density at radius 1 is 1.24 bits per heavy atom. The number of nitrogens with zero attached hydrogens (tertiary/aromatic N) is 2. The molecule has 1 aromatic carbocycles. The van der Waals surface area contributed by atoms with Crippen molar-refractivity contribution in [2.24, 2.45) is 0 Å². The molecule has 2 N–H and O–H groups in total. The van der Waals surface area contributed by atoms with E-state index < -0.39 is 0 Å². The van der Waals surface area contributed by atoms with Gasteiger partial charge in [0.25, 0.3) is 5.91 Å². The van der Waals surface area contributed by atoms with E-state index in [0.717, 1.165) is 28.6 Å². The van der Waals surface area contributed by atoms with Gasteiger partial charge in [0, 0.05) is 41.6 Å². The fourth-order valence-electron chi connectivity index (χ4n) is 2.95. The number of rotatable bonds is 8. The number of halogens is 1. The van der Waals surface area contributed by atoms with Gasteiger partial charge in [-0.3, -0.25) is 14.9 Å². The highest BCUT2D eigenvalue weighted by molar-refractivity contribution is 9.10. The lowest BCUT2D eigenvalue weighted by molar-refractivity contribution is -0.118. The molecule has 0 fully saturated rings. The second kappa shape index (κ2) is 9.84. The summed E-state index contributed by atoms with van der Waals surface area (Å²) in [6.45, 7) is 4.92. The molecule has 2 amide bonds. The van der Waals surface area contributed by atoms with Crippen LogP contribution in [0, 0.1) is 0 Å². The van der Waals surface area contributed by atoms with Gasteiger partial charge in [-0.25, -0.2) is 4.98 Å². The highest BCUT2D eigenvalue weighted by atomic mass is 79.9. The maximum atomic E-state index is 12.6. The third kappa shape index (κ3) is 5.77. The lowest BCUT2D eigenvalue weighted by atomic mass is 10.1. The zero-order valence-electron chi connectivity index (χ0n) is 16.4. The van der Waals surface area contributed by atoms with E-state index in [1.807, 2.05) is 35.2 Å². The van der Waals surface area contributed by atoms with Gasteiger partial charge in [0.2, 0.25) is 5.91 Å². The van der Waals surface area contributed by atoms with Gasteiger partial charge in [0.05, 0.1) is 5.69 Å². The van der Waals surface area contributed by atoms with Crippen molar-refractivity contribution in [2.75, 3.05) is 11.9 Å². The zero-order valence-corrected chi connectivity index (χ0v) is 18.8. The molecule has 0 spiro atoms. The van der Waals surface area contributed by atoms with Gasteiger partial charge < -0.3 is 9.88 Å². The standard InChI is InChI=1S/C21H23BrN4O2S/c1-3-26-12-17(22)11-19(26)20(28)25-21-24-18(13-29-21)16-8-6-15(7-9-16)5-4-10-23-14(2)27/h6-9,11-13H,3-5,10H2,1-2H3,(H,23,27)(H,24,25,28). The lowest BCUT2D eigenvalue weighted by Gasteiger charge is -2.05. The number of hydrogen-bond donors (Lipinski definition) is 2. The maximum Gasteiger partial charge on any atom is 0.274 e. The van der Waals surface area contributed by atoms with E-state index >= 15 is 0 Å². The molecular weight excluding hydrogens is 452 g/mol. The first-order valence-electron chi connectivity index (χ1n) is 9.42. The first-order chi connectivity index (χ1) is 14.0. The van der Waals surface area contributed by atoms with E-state index in [9.17, 15) is 9.59 Å². The molecule has 8 heteroatoms. The Morgan fingerprint density at radius 3 is 2.69 bits per heavy atom. The van der Waals surface area contributed by atoms with E-state index in [-0.39, 0.29) is 11.8 Å². The fraction of sp³-hybridized carbons (Fsp3) is 0.286. The monoisotopic (exact) mass is 474 g/mol. The van der Waals surface area contributed by atoms with E-state index in [4.69, 9.17) is 0 Å². The summed E-state index contributed by atoms with van der Waals surface area (Å²) in [5, 5.41) is 8.20. The summed E-state index contributed by atoms with van der Waals surface area (Å²) in [6, 6.07) is 10.0. The number of thiazole rings is 1. The van der Waals surface area contributed by atoms with Crippen molar-refractivity contribution in [3.8, 4) is 11.3 Å². The highest BCUT2D eigenvalue weighted by Crippen LogP contribution is 2.26. The minimum atomic E-state index is -0.173. The fourth-order valence-corrected chi connectivity index (χ4v) is 4.13. The maximum absolute atomic E-state index is 12.6. The summed E-state index contributed by atoms with van der Waals surface area (Å²) in [7, 11) is 0. The largest absolute Gasteiger partial charge is 0.356 e. The molecule has 0 aliphatic rings. The lowest BCUT2D eigenvalue weighted by Crippen LogP contribution is -2.21. The quantitative estimate of drug-likeness (QED) is 0.463. The summed E-state index contributed by atoms with van der Waals surface area (Å²) >= 11 is 4.82. The number of carbonyl (C=O) groups is 2. The average molecular weight is 475 g/mol. The Labute approximate surface area is 182 Å². The Kier molecular flexibility index (Phi) is 7.22. The number of carbonyl (C=O) groups excluding carboxylic acids is 2. The number of amides is 2. The molecule has 3 rings (SSSR count). The average Bonchev–Trinajstić information content (AvgIpc) is 3.32. The van der Waals surface area contributed by atoms with Crippen LogP contribution in [0.5, 0.6) is 0 Å². The predicted octanol–water partition coefficient (Wildman–Crippen LogP) is 4.72. The summed E-state index contributed by atoms with van der Waals surface area (Å²) in [5.74, 6) is -0.171. The molecule has 0 radical (unpaired) electrons. The number of benzene rings is 1. The Hall–Kier alpha value is -2.45. The summed E-state index contributed by atoms with van der Waals surface area (Å²) < 4.78 is 2.76. The van der Waals surface area contributed by atoms with Crippen LogP contribution in [-0.4, -0.2) is 27.9 Å². The van der Waals surface area contributed by atoms with Crippen LogP contribution in [0.3, 0.4) is 0 Å². The van der Waals surface area contributed by atoms with Gasteiger partial charge in [-0.05, 0) is 47.3 Å². The van der Waals surface area contributed by atoms with Crippen molar-refractivity contribution in [3.63, 3.8) is 0 Å². The van der Waals surface area contributed by atoms with Gasteiger partial charge >= 0.3 is 0 Å². The molecule has 0 unspecified atom stereocenters. The number of nitrogens with one attached hydrogen (secondary N) is 2. The Balaban J connectivity index is 1.60. The molecule has 0 saturated carbocycles. The van der Waals surface area contributed by atoms with E-state index in [1.54, 1.807) is 6.07 Å². The van der Waals surface area contributed by atoms with Crippen LogP contribution in [-0.2, 0) is 17.8 Å². The zero-order chi connectivity index (χ0) is 20.8. The third-order valence-corrected chi connectivity index (χ3v) is 5.62. The molecule has 0 atom stereocenters. The molecule has 2 aromatic heterocycles. The van der Waals surface area contributed by atoms with Crippen molar-refractivity contribution in [3.05, 3.63) is 57.6 Å². The van der Waals surface area contributed by atoms with Crippen molar-refractivity contribution in [1.82, 2.24) is 14.9 Å². The van der Waals surface area contributed by atoms with Crippen molar-refractivity contribution >= 4 is 44.2 Å². The number of hydrogen-bond acceptors (Lipinski definition) is 4. The molecule has 0 saturated heterocycles. The molecule has 0 bridgehead atoms. The SMILES string of the molecule is CCn1cc(Br)cc1C(=O)Nc1nc(-c2ccc(CCCNC(C)=O)cc2)cs1. The van der Waals surface area contributed by atoms with Crippen molar-refractivity contribution in [1.29, 1.82) is 0 Å². The van der Waals surface area contributed by atoms with Crippen LogP contribution >= 0.6 is 27.3 Å². The van der Waals surface area contributed by atoms with E-state index in [2.05, 4.69) is 43.7 Å². The summed E-state index contributed by atoms with van der Waals surface area (Å²) in [6.07, 6.45) is 3.70. The van der Waals surface area contributed by atoms with Gasteiger partial charge in [0.15, 0.2) is 5.13 Å². The topological polar surface area (TPSA) is 76.0 Å². The van der Waals surface area contributed by atoms with Crippen LogP contribution < -0.4 is 10.6 Å². The minimum Gasteiger partial charge on any atom is -0.356 e. The molecule has 2 heterocycles. The van der Waals surface area contributed by atoms with Gasteiger partial charge in [0.1, 0.15) is 5.69 Å². The van der Waals surface area contributed by atoms with Crippen molar-refractivity contribution < 1.29 is 9.59 Å². The van der Waals surface area contributed by atoms with Crippen LogP contribution in [0.25, 0.3) is 11.3 Å². The van der Waals surface area contributed by atoms with Gasteiger partial charge in [-0.2, -0.15) is 0 Å². The highest BCUT2D eigenvalue weighted by Gasteiger charge is 2.14. The molecule has 3 aromatic rings. The Bertz CT molecular complexity index is 995. The van der Waals surface area contributed by atoms with Crippen LogP contribution in [0.15, 0.2) is 46.4 Å². The van der Waals surface area contributed by atoms with Crippen molar-refractivity contribution in [2.45, 2.75) is 33.2 Å². The second-order valence-electron chi connectivity index (χ2n) is 6.61. The Morgan fingerprint density at radius 2 is 2.00 bits per heavy atom. The summed E-state index contributed by atoms with van der Waals surface area (Å²) in [4.78, 5) is 28.0. The minimum absolute atomic E-state index is 0.00213. The van der Waals surface area contributed by atoms with Crippen LogP contribution in [0.4, 0.5) is 5.13 Å². The first kappa shape index (κ1) is 21.3. The number of anilines is 1. The number of aryl methyl sites for hydroxylation is 2. The van der Waals surface area contributed by atoms with E-state index in [0.29, 0.717) is 23.9 Å². The van der Waals surface area contributed by atoms with Gasteiger partial charge in [-0.15, -0.1) is 11.3 Å². The molecule has 0 aliphatic heterocycles. The smallest absolute Gasteiger partial charge is 0.274 e. The molecule has 29 heavy (non-hydrogen) atoms. The normalized spacial score (nSPS) is 10.7. The van der Waals surface area contributed by atoms with Crippen LogP contribution in [0.2, 0.25) is 0 Å². The second-order valence-corrected chi connectivity index (χ2v) is 8.38. The summed E-state index contributed by atoms with van der Waals surface area (Å²) in [5.41, 5.74) is 3.66. The van der Waals surface area contributed by atoms with E-state index in [1.165, 1.54) is 23.8 Å². The third-order valence-electron chi connectivity index (χ3n) is 4.43. The number of aromatic nitrogens is 2. The first-order valence-corrected chi connectivity index (χ1v) is 11.1. The van der Waals surface area contributed by atoms with Crippen LogP contribution in [0.1, 0.15) is 36.3 Å². The molecule has 6 nitrogen and oxygen atoms in total. The van der Waals surface area contributed by atoms with Gasteiger partial charge in [-0.1, -0.05) is 24.3 Å². The molecule has 152 valence electrons. The molecule has 0 aliphatic carbocycles. The predicted molar refractivity (Wildman–Crippen MR) is 120 cm³/mol. The molecular formula is C21H23BrN4O2S.